The van der Waals surface area contributed by atoms with E-state index in [2.05, 4.69) is 20.9 Å². The summed E-state index contributed by atoms with van der Waals surface area (Å²) in [6.45, 7) is 1.99. The van der Waals surface area contributed by atoms with Gasteiger partial charge in [0, 0.05) is 29.9 Å². The summed E-state index contributed by atoms with van der Waals surface area (Å²) in [6.07, 6.45) is 1.60. The molecule has 142 valence electrons. The largest absolute Gasteiger partial charge is 0.380 e. The fourth-order valence-electron chi connectivity index (χ4n) is 2.54. The van der Waals surface area contributed by atoms with E-state index in [1.165, 1.54) is 6.92 Å². The molecule has 7 heteroatoms. The van der Waals surface area contributed by atoms with E-state index in [0.717, 1.165) is 11.3 Å². The van der Waals surface area contributed by atoms with E-state index >= 15 is 0 Å². The molecule has 6 nitrogen and oxygen atoms in total. The molecule has 28 heavy (non-hydrogen) atoms. The maximum Gasteiger partial charge on any atom is 0.274 e. The van der Waals surface area contributed by atoms with Gasteiger partial charge in [-0.1, -0.05) is 35.9 Å². The van der Waals surface area contributed by atoms with Crippen molar-refractivity contribution in [3.8, 4) is 0 Å². The minimum absolute atomic E-state index is 0.176. The summed E-state index contributed by atoms with van der Waals surface area (Å²) in [7, 11) is 0. The van der Waals surface area contributed by atoms with Gasteiger partial charge in [-0.3, -0.25) is 9.59 Å². The van der Waals surface area contributed by atoms with Gasteiger partial charge in [-0.25, -0.2) is 4.98 Å². The number of hydrogen-bond donors (Lipinski definition) is 3. The first kappa shape index (κ1) is 19.4. The molecule has 0 saturated carbocycles. The van der Waals surface area contributed by atoms with Crippen LogP contribution < -0.4 is 16.0 Å². The highest BCUT2D eigenvalue weighted by Gasteiger charge is 2.09. The molecular weight excluding hydrogens is 376 g/mol. The monoisotopic (exact) mass is 394 g/mol. The summed E-state index contributed by atoms with van der Waals surface area (Å²) in [5.74, 6) is -0.511. The van der Waals surface area contributed by atoms with Gasteiger partial charge < -0.3 is 16.0 Å². The Morgan fingerprint density at radius 3 is 2.36 bits per heavy atom. The molecule has 0 saturated heterocycles. The van der Waals surface area contributed by atoms with Crippen LogP contribution >= 0.6 is 11.6 Å². The van der Waals surface area contributed by atoms with Gasteiger partial charge in [0.1, 0.15) is 5.69 Å². The molecule has 0 bridgehead atoms. The first-order chi connectivity index (χ1) is 13.5. The maximum atomic E-state index is 12.4. The number of anilines is 3. The normalized spacial score (nSPS) is 10.2. The van der Waals surface area contributed by atoms with Crippen molar-refractivity contribution in [2.75, 3.05) is 16.0 Å². The molecule has 0 fully saturated rings. The van der Waals surface area contributed by atoms with Crippen molar-refractivity contribution in [2.24, 2.45) is 0 Å². The van der Waals surface area contributed by atoms with E-state index in [1.807, 2.05) is 24.3 Å². The highest BCUT2D eigenvalue weighted by Crippen LogP contribution is 2.18. The van der Waals surface area contributed by atoms with Crippen LogP contribution in [0.5, 0.6) is 0 Å². The Morgan fingerprint density at radius 1 is 0.929 bits per heavy atom. The van der Waals surface area contributed by atoms with Crippen molar-refractivity contribution in [1.29, 1.82) is 0 Å². The first-order valence-electron chi connectivity index (χ1n) is 8.63. The number of hydrogen-bond acceptors (Lipinski definition) is 4. The van der Waals surface area contributed by atoms with Gasteiger partial charge in [-0.15, -0.1) is 0 Å². The minimum Gasteiger partial charge on any atom is -0.380 e. The second-order valence-electron chi connectivity index (χ2n) is 6.09. The standard InChI is InChI=1S/C21H19ClN4O2/c1-14(27)25-16-6-4-7-17(11-16)26-21(28)20-10-9-18(13-24-20)23-12-15-5-2-3-8-19(15)22/h2-11,13,23H,12H2,1H3,(H,25,27)(H,26,28). The van der Waals surface area contributed by atoms with E-state index in [4.69, 9.17) is 11.6 Å². The molecular formula is C21H19ClN4O2. The summed E-state index contributed by atoms with van der Waals surface area (Å²) < 4.78 is 0. The highest BCUT2D eigenvalue weighted by molar-refractivity contribution is 6.31. The fourth-order valence-corrected chi connectivity index (χ4v) is 2.75. The number of amides is 2. The van der Waals surface area contributed by atoms with Crippen molar-refractivity contribution >= 4 is 40.5 Å². The molecule has 3 N–H and O–H groups in total. The van der Waals surface area contributed by atoms with Crippen LogP contribution in [0.4, 0.5) is 17.1 Å². The van der Waals surface area contributed by atoms with E-state index in [0.29, 0.717) is 22.9 Å². The first-order valence-corrected chi connectivity index (χ1v) is 9.01. The average Bonchev–Trinajstić information content (AvgIpc) is 2.67. The zero-order chi connectivity index (χ0) is 19.9. The topological polar surface area (TPSA) is 83.1 Å². The van der Waals surface area contributed by atoms with Gasteiger partial charge in [0.25, 0.3) is 5.91 Å². The fraction of sp³-hybridized carbons (Fsp3) is 0.0952. The Hall–Kier alpha value is -3.38. The predicted molar refractivity (Wildman–Crippen MR) is 112 cm³/mol. The molecule has 3 rings (SSSR count). The molecule has 0 aliphatic carbocycles. The number of nitrogens with zero attached hydrogens (tertiary/aromatic N) is 1. The van der Waals surface area contributed by atoms with E-state index in [-0.39, 0.29) is 17.5 Å². The number of carbonyl (C=O) groups excluding carboxylic acids is 2. The second-order valence-corrected chi connectivity index (χ2v) is 6.50. The lowest BCUT2D eigenvalue weighted by atomic mass is 10.2. The number of nitrogens with one attached hydrogen (secondary N) is 3. The molecule has 0 radical (unpaired) electrons. The van der Waals surface area contributed by atoms with Crippen LogP contribution in [0.1, 0.15) is 23.0 Å². The predicted octanol–water partition coefficient (Wildman–Crippen LogP) is 4.56. The molecule has 1 aromatic heterocycles. The van der Waals surface area contributed by atoms with E-state index < -0.39 is 0 Å². The van der Waals surface area contributed by atoms with Gasteiger partial charge in [0.15, 0.2) is 0 Å². The van der Waals surface area contributed by atoms with Gasteiger partial charge in [0.2, 0.25) is 5.91 Å². The van der Waals surface area contributed by atoms with Crippen molar-refractivity contribution in [1.82, 2.24) is 4.98 Å². The SMILES string of the molecule is CC(=O)Nc1cccc(NC(=O)c2ccc(NCc3ccccc3Cl)cn2)c1. The summed E-state index contributed by atoms with van der Waals surface area (Å²) in [5, 5.41) is 9.36. The van der Waals surface area contributed by atoms with Crippen LogP contribution in [-0.4, -0.2) is 16.8 Å². The van der Waals surface area contributed by atoms with Crippen LogP contribution in [0.2, 0.25) is 5.02 Å². The van der Waals surface area contributed by atoms with Gasteiger partial charge in [0.05, 0.1) is 11.9 Å². The molecule has 0 spiro atoms. The van der Waals surface area contributed by atoms with Crippen LogP contribution in [0.25, 0.3) is 0 Å². The Bertz CT molecular complexity index is 990. The quantitative estimate of drug-likeness (QED) is 0.572. The highest BCUT2D eigenvalue weighted by atomic mass is 35.5. The Morgan fingerprint density at radius 2 is 1.68 bits per heavy atom. The van der Waals surface area contributed by atoms with Crippen molar-refractivity contribution in [3.63, 3.8) is 0 Å². The zero-order valence-corrected chi connectivity index (χ0v) is 16.0. The van der Waals surface area contributed by atoms with E-state index in [9.17, 15) is 9.59 Å². The number of aromatic nitrogens is 1. The number of halogens is 1. The summed E-state index contributed by atoms with van der Waals surface area (Å²) >= 11 is 6.14. The summed E-state index contributed by atoms with van der Waals surface area (Å²) in [5.41, 5.74) is 3.22. The van der Waals surface area contributed by atoms with Crippen LogP contribution in [0.15, 0.2) is 66.9 Å². The summed E-state index contributed by atoms with van der Waals surface area (Å²) in [6, 6.07) is 17.9. The third-order valence-electron chi connectivity index (χ3n) is 3.88. The molecule has 1 heterocycles. The van der Waals surface area contributed by atoms with Crippen LogP contribution in [0.3, 0.4) is 0 Å². The third-order valence-corrected chi connectivity index (χ3v) is 4.25. The number of rotatable bonds is 6. The zero-order valence-electron chi connectivity index (χ0n) is 15.2. The average molecular weight is 395 g/mol. The van der Waals surface area contributed by atoms with Gasteiger partial charge >= 0.3 is 0 Å². The lowest BCUT2D eigenvalue weighted by Gasteiger charge is -2.09. The Labute approximate surface area is 168 Å². The van der Waals surface area contributed by atoms with Crippen molar-refractivity contribution in [3.05, 3.63) is 83.1 Å². The Kier molecular flexibility index (Phi) is 6.24. The second kappa shape index (κ2) is 9.01. The van der Waals surface area contributed by atoms with Crippen molar-refractivity contribution < 1.29 is 9.59 Å². The smallest absolute Gasteiger partial charge is 0.274 e. The van der Waals surface area contributed by atoms with Gasteiger partial charge in [-0.2, -0.15) is 0 Å². The van der Waals surface area contributed by atoms with Crippen LogP contribution in [-0.2, 0) is 11.3 Å². The Balaban J connectivity index is 1.61. The molecule has 0 atom stereocenters. The molecule has 0 aliphatic heterocycles. The van der Waals surface area contributed by atoms with E-state index in [1.54, 1.807) is 42.6 Å². The molecule has 3 aromatic rings. The van der Waals surface area contributed by atoms with Crippen LogP contribution in [0, 0.1) is 0 Å². The molecule has 0 aliphatic rings. The summed E-state index contributed by atoms with van der Waals surface area (Å²) in [4.78, 5) is 27.7. The lowest BCUT2D eigenvalue weighted by molar-refractivity contribution is -0.114. The molecule has 2 aromatic carbocycles. The van der Waals surface area contributed by atoms with Crippen molar-refractivity contribution in [2.45, 2.75) is 13.5 Å². The molecule has 0 unspecified atom stereocenters. The number of benzene rings is 2. The molecule has 2 amide bonds. The number of carbonyl (C=O) groups is 2. The maximum absolute atomic E-state index is 12.4. The van der Waals surface area contributed by atoms with Gasteiger partial charge in [-0.05, 0) is 42.0 Å². The number of pyridine rings is 1. The lowest BCUT2D eigenvalue weighted by Crippen LogP contribution is -2.14. The minimum atomic E-state index is -0.336. The third kappa shape index (κ3) is 5.31.